The molecule has 0 radical (unpaired) electrons. The lowest BCUT2D eigenvalue weighted by molar-refractivity contribution is 0.331. The molecule has 2 heterocycles. The van der Waals surface area contributed by atoms with E-state index in [2.05, 4.69) is 32.5 Å². The van der Waals surface area contributed by atoms with Gasteiger partial charge in [-0.05, 0) is 31.6 Å². The van der Waals surface area contributed by atoms with Gasteiger partial charge < -0.3 is 0 Å². The zero-order valence-corrected chi connectivity index (χ0v) is 8.63. The monoisotopic (exact) mass is 170 g/mol. The van der Waals surface area contributed by atoms with Crippen LogP contribution in [0.4, 0.5) is 0 Å². The van der Waals surface area contributed by atoms with Crippen molar-refractivity contribution in [1.29, 1.82) is 0 Å². The molecule has 2 fully saturated rings. The van der Waals surface area contributed by atoms with Gasteiger partial charge in [-0.15, -0.1) is 11.8 Å². The van der Waals surface area contributed by atoms with Gasteiger partial charge in [0.25, 0.3) is 0 Å². The molecular formula is C10H18S. The Morgan fingerprint density at radius 2 is 1.64 bits per heavy atom. The highest BCUT2D eigenvalue weighted by atomic mass is 32.2. The van der Waals surface area contributed by atoms with Crippen LogP contribution in [0.5, 0.6) is 0 Å². The molecule has 0 amide bonds. The molecule has 0 saturated carbocycles. The number of hydrogen-bond acceptors (Lipinski definition) is 1. The average Bonchev–Trinajstić information content (AvgIpc) is 2.42. The van der Waals surface area contributed by atoms with Crippen LogP contribution in [0.1, 0.15) is 46.5 Å². The Balaban J connectivity index is 2.20. The van der Waals surface area contributed by atoms with Gasteiger partial charge in [0, 0.05) is 9.49 Å². The van der Waals surface area contributed by atoms with E-state index in [1.165, 1.54) is 25.7 Å². The minimum absolute atomic E-state index is 0.671. The maximum Gasteiger partial charge on any atom is 0.0189 e. The molecule has 0 N–H and O–H groups in total. The summed E-state index contributed by atoms with van der Waals surface area (Å²) in [5.41, 5.74) is 0. The summed E-state index contributed by atoms with van der Waals surface area (Å²) in [6.45, 7) is 7.24. The van der Waals surface area contributed by atoms with Crippen molar-refractivity contribution in [3.05, 3.63) is 0 Å². The Kier molecular flexibility index (Phi) is 1.58. The molecule has 2 aliphatic heterocycles. The molecule has 0 aromatic heterocycles. The lowest BCUT2D eigenvalue weighted by atomic mass is 9.78. The highest BCUT2D eigenvalue weighted by Gasteiger charge is 2.53. The van der Waals surface area contributed by atoms with Crippen LogP contribution < -0.4 is 0 Å². The maximum absolute atomic E-state index is 2.45. The van der Waals surface area contributed by atoms with Crippen LogP contribution in [-0.4, -0.2) is 9.49 Å². The fourth-order valence-electron chi connectivity index (χ4n) is 2.59. The van der Waals surface area contributed by atoms with E-state index < -0.39 is 0 Å². The lowest BCUT2D eigenvalue weighted by Gasteiger charge is -2.29. The first-order chi connectivity index (χ1) is 5.06. The molecule has 0 aromatic carbocycles. The van der Waals surface area contributed by atoms with Crippen LogP contribution in [0.15, 0.2) is 0 Å². The van der Waals surface area contributed by atoms with E-state index in [1.807, 2.05) is 0 Å². The van der Waals surface area contributed by atoms with Crippen molar-refractivity contribution >= 4 is 11.8 Å². The Bertz CT molecular complexity index is 164. The zero-order chi connectivity index (χ0) is 8.11. The van der Waals surface area contributed by atoms with Gasteiger partial charge in [0.15, 0.2) is 0 Å². The molecule has 11 heavy (non-hydrogen) atoms. The Morgan fingerprint density at radius 1 is 1.09 bits per heavy atom. The highest BCUT2D eigenvalue weighted by Crippen LogP contribution is 2.64. The summed E-state index contributed by atoms with van der Waals surface area (Å²) < 4.78 is 1.36. The van der Waals surface area contributed by atoms with Gasteiger partial charge in [-0.3, -0.25) is 0 Å². The zero-order valence-electron chi connectivity index (χ0n) is 7.81. The molecule has 1 heteroatoms. The quantitative estimate of drug-likeness (QED) is 0.581. The normalized spacial score (nSPS) is 49.1. The number of rotatable bonds is 1. The third kappa shape index (κ3) is 1.04. The second-order valence-electron chi connectivity index (χ2n) is 4.77. The molecule has 0 unspecified atom stereocenters. The van der Waals surface area contributed by atoms with Crippen molar-refractivity contribution in [3.63, 3.8) is 0 Å². The summed E-state index contributed by atoms with van der Waals surface area (Å²) in [5, 5.41) is 0. The molecular weight excluding hydrogens is 152 g/mol. The Labute approximate surface area is 74.1 Å². The van der Waals surface area contributed by atoms with Gasteiger partial charge in [-0.2, -0.15) is 0 Å². The molecule has 2 bridgehead atoms. The van der Waals surface area contributed by atoms with E-state index in [0.29, 0.717) is 9.49 Å². The predicted molar refractivity (Wildman–Crippen MR) is 52.0 cm³/mol. The summed E-state index contributed by atoms with van der Waals surface area (Å²) in [5.74, 6) is 0.886. The van der Waals surface area contributed by atoms with Crippen molar-refractivity contribution in [1.82, 2.24) is 0 Å². The second-order valence-corrected chi connectivity index (χ2v) is 6.77. The molecule has 0 aliphatic carbocycles. The van der Waals surface area contributed by atoms with Crippen LogP contribution in [0.25, 0.3) is 0 Å². The van der Waals surface area contributed by atoms with Crippen molar-refractivity contribution < 1.29 is 0 Å². The van der Waals surface area contributed by atoms with Gasteiger partial charge >= 0.3 is 0 Å². The number of fused-ring (bicyclic) bond motifs is 2. The lowest BCUT2D eigenvalue weighted by Crippen LogP contribution is -2.26. The van der Waals surface area contributed by atoms with Crippen molar-refractivity contribution in [3.8, 4) is 0 Å². The van der Waals surface area contributed by atoms with Gasteiger partial charge in [-0.25, -0.2) is 0 Å². The molecule has 0 aromatic rings. The van der Waals surface area contributed by atoms with E-state index >= 15 is 0 Å². The molecule has 2 aliphatic rings. The summed E-state index contributed by atoms with van der Waals surface area (Å²) >= 11 is 2.29. The van der Waals surface area contributed by atoms with Gasteiger partial charge in [-0.1, -0.05) is 20.8 Å². The second kappa shape index (κ2) is 2.18. The minimum atomic E-state index is 0.671. The van der Waals surface area contributed by atoms with E-state index in [1.54, 1.807) is 0 Å². The Hall–Kier alpha value is 0.350. The summed E-state index contributed by atoms with van der Waals surface area (Å²) in [4.78, 5) is 0. The molecule has 0 nitrogen and oxygen atoms in total. The number of thioether (sulfide) groups is 1. The SMILES string of the molecule is CC(C)C12CCC(C)(CC1)S2. The third-order valence-electron chi connectivity index (χ3n) is 3.66. The van der Waals surface area contributed by atoms with E-state index in [4.69, 9.17) is 0 Å². The predicted octanol–water partition coefficient (Wildman–Crippen LogP) is 3.46. The van der Waals surface area contributed by atoms with Crippen LogP contribution >= 0.6 is 11.8 Å². The molecule has 2 rings (SSSR count). The van der Waals surface area contributed by atoms with Crippen molar-refractivity contribution in [2.45, 2.75) is 55.9 Å². The van der Waals surface area contributed by atoms with E-state index in [-0.39, 0.29) is 0 Å². The van der Waals surface area contributed by atoms with Gasteiger partial charge in [0.1, 0.15) is 0 Å². The molecule has 0 spiro atoms. The minimum Gasteiger partial charge on any atom is -0.148 e. The summed E-state index contributed by atoms with van der Waals surface area (Å²) in [7, 11) is 0. The average molecular weight is 170 g/mol. The fraction of sp³-hybridized carbons (Fsp3) is 1.00. The maximum atomic E-state index is 2.45. The Morgan fingerprint density at radius 3 is 1.82 bits per heavy atom. The third-order valence-corrected chi connectivity index (χ3v) is 5.84. The summed E-state index contributed by atoms with van der Waals surface area (Å²) in [6, 6.07) is 0. The largest absolute Gasteiger partial charge is 0.148 e. The highest BCUT2D eigenvalue weighted by molar-refractivity contribution is 8.02. The topological polar surface area (TPSA) is 0 Å². The van der Waals surface area contributed by atoms with Gasteiger partial charge in [0.2, 0.25) is 0 Å². The van der Waals surface area contributed by atoms with Crippen molar-refractivity contribution in [2.24, 2.45) is 5.92 Å². The van der Waals surface area contributed by atoms with Crippen LogP contribution in [0.2, 0.25) is 0 Å². The van der Waals surface area contributed by atoms with Crippen LogP contribution in [-0.2, 0) is 0 Å². The summed E-state index contributed by atoms with van der Waals surface area (Å²) in [6.07, 6.45) is 5.89. The van der Waals surface area contributed by atoms with E-state index in [0.717, 1.165) is 5.92 Å². The smallest absolute Gasteiger partial charge is 0.0189 e. The number of hydrogen-bond donors (Lipinski definition) is 0. The first-order valence-electron chi connectivity index (χ1n) is 4.77. The van der Waals surface area contributed by atoms with E-state index in [9.17, 15) is 0 Å². The molecule has 0 atom stereocenters. The molecule has 64 valence electrons. The molecule has 2 saturated heterocycles. The standard InChI is InChI=1S/C10H18S/c1-8(2)10-6-4-9(3,11-10)5-7-10/h8H,4-7H2,1-3H3. The van der Waals surface area contributed by atoms with Crippen LogP contribution in [0.3, 0.4) is 0 Å². The first kappa shape index (κ1) is 7.97. The van der Waals surface area contributed by atoms with Gasteiger partial charge in [0.05, 0.1) is 0 Å². The van der Waals surface area contributed by atoms with Crippen molar-refractivity contribution in [2.75, 3.05) is 0 Å². The fourth-order valence-corrected chi connectivity index (χ4v) is 4.63. The first-order valence-corrected chi connectivity index (χ1v) is 5.58. The van der Waals surface area contributed by atoms with Crippen LogP contribution in [0, 0.1) is 5.92 Å².